The number of nitrogens with zero attached hydrogens (tertiary/aromatic N) is 1. The minimum atomic E-state index is -1.73. The summed E-state index contributed by atoms with van der Waals surface area (Å²) >= 11 is 16.8. The Morgan fingerprint density at radius 2 is 2.00 bits per heavy atom. The Kier molecular flexibility index (Phi) is 9.55. The van der Waals surface area contributed by atoms with Gasteiger partial charge in [0.1, 0.15) is 24.3 Å². The monoisotopic (exact) mass is 465 g/mol. The first kappa shape index (κ1) is 25.4. The molecule has 1 amide bonds. The number of carbonyl (C=O) groups excluding carboxylic acids is 1. The van der Waals surface area contributed by atoms with E-state index in [-0.39, 0.29) is 24.0 Å². The van der Waals surface area contributed by atoms with Gasteiger partial charge in [-0.05, 0) is 19.1 Å². The number of aliphatic hydroxyl groups is 1. The van der Waals surface area contributed by atoms with Crippen LogP contribution in [0.2, 0.25) is 0 Å². The molecule has 0 saturated heterocycles. The van der Waals surface area contributed by atoms with Gasteiger partial charge in [-0.1, -0.05) is 61.6 Å². The Hall–Kier alpha value is -1.67. The van der Waals surface area contributed by atoms with Crippen molar-refractivity contribution < 1.29 is 19.4 Å². The molecule has 0 fully saturated rings. The van der Waals surface area contributed by atoms with Crippen LogP contribution in [0.1, 0.15) is 27.7 Å². The molecule has 0 radical (unpaired) electrons. The Bertz CT molecular complexity index is 756. The number of carbonyl (C=O) groups is 1. The highest BCUT2D eigenvalue weighted by Crippen LogP contribution is 2.26. The lowest BCUT2D eigenvalue weighted by Gasteiger charge is -2.19. The zero-order valence-corrected chi connectivity index (χ0v) is 19.0. The van der Waals surface area contributed by atoms with Gasteiger partial charge >= 0.3 is 6.09 Å². The molecule has 10 heteroatoms. The Morgan fingerprint density at radius 3 is 2.55 bits per heavy atom. The SMILES string of the molecule is C[C@@H](CO)Oc1cccc(N=C(/C=C(\N)C(C)(C)C)NC(=O)OCC(Cl)(Cl)Cl)c1. The predicted octanol–water partition coefficient (Wildman–Crippen LogP) is 4.46. The molecule has 29 heavy (non-hydrogen) atoms. The van der Waals surface area contributed by atoms with Gasteiger partial charge in [0.05, 0.1) is 12.3 Å². The van der Waals surface area contributed by atoms with Gasteiger partial charge in [-0.25, -0.2) is 9.79 Å². The number of amides is 1. The average Bonchev–Trinajstić information content (AvgIpc) is 2.58. The summed E-state index contributed by atoms with van der Waals surface area (Å²) in [6, 6.07) is 6.83. The zero-order valence-electron chi connectivity index (χ0n) is 16.7. The van der Waals surface area contributed by atoms with Crippen LogP contribution in [0.5, 0.6) is 5.75 Å². The fourth-order valence-electron chi connectivity index (χ4n) is 1.78. The fraction of sp³-hybridized carbons (Fsp3) is 0.474. The summed E-state index contributed by atoms with van der Waals surface area (Å²) in [5, 5.41) is 11.6. The number of ether oxygens (including phenoxy) is 2. The molecule has 4 N–H and O–H groups in total. The molecule has 0 aliphatic rings. The number of amidine groups is 1. The molecule has 0 aliphatic heterocycles. The van der Waals surface area contributed by atoms with Crippen molar-refractivity contribution in [1.82, 2.24) is 5.32 Å². The number of alkyl carbamates (subject to hydrolysis) is 1. The van der Waals surface area contributed by atoms with E-state index in [1.807, 2.05) is 20.8 Å². The summed E-state index contributed by atoms with van der Waals surface area (Å²) in [5.41, 5.74) is 6.73. The Morgan fingerprint density at radius 1 is 1.34 bits per heavy atom. The number of nitrogens with one attached hydrogen (secondary N) is 1. The highest BCUT2D eigenvalue weighted by Gasteiger charge is 2.23. The van der Waals surface area contributed by atoms with Gasteiger partial charge in [0.25, 0.3) is 0 Å². The van der Waals surface area contributed by atoms with Gasteiger partial charge in [-0.2, -0.15) is 0 Å². The summed E-state index contributed by atoms with van der Waals surface area (Å²) in [4.78, 5) is 16.5. The molecule has 1 atom stereocenters. The van der Waals surface area contributed by atoms with E-state index in [4.69, 9.17) is 55.1 Å². The van der Waals surface area contributed by atoms with E-state index in [1.54, 1.807) is 31.2 Å². The molecule has 1 aromatic carbocycles. The molecule has 1 aromatic rings. The maximum atomic E-state index is 12.1. The molecule has 0 bridgehead atoms. The summed E-state index contributed by atoms with van der Waals surface area (Å²) in [5.74, 6) is 0.651. The quantitative estimate of drug-likeness (QED) is 0.326. The number of hydrogen-bond donors (Lipinski definition) is 3. The fourth-order valence-corrected chi connectivity index (χ4v) is 1.95. The third kappa shape index (κ3) is 10.6. The van der Waals surface area contributed by atoms with Crippen molar-refractivity contribution in [3.05, 3.63) is 36.0 Å². The topological polar surface area (TPSA) is 106 Å². The summed E-state index contributed by atoms with van der Waals surface area (Å²) in [6.45, 7) is 6.93. The summed E-state index contributed by atoms with van der Waals surface area (Å²) in [6.07, 6.45) is 0.301. The maximum absolute atomic E-state index is 12.1. The van der Waals surface area contributed by atoms with Crippen LogP contribution in [0.4, 0.5) is 10.5 Å². The first-order valence-corrected chi connectivity index (χ1v) is 9.88. The largest absolute Gasteiger partial charge is 0.488 e. The van der Waals surface area contributed by atoms with Crippen molar-refractivity contribution in [3.63, 3.8) is 0 Å². The van der Waals surface area contributed by atoms with E-state index in [0.717, 1.165) is 0 Å². The molecule has 0 aliphatic carbocycles. The molecular formula is C19H26Cl3N3O4. The van der Waals surface area contributed by atoms with Crippen LogP contribution in [0.25, 0.3) is 0 Å². The molecule has 162 valence electrons. The number of aliphatic imine (C=N–C) groups is 1. The summed E-state index contributed by atoms with van der Waals surface area (Å²) < 4.78 is 8.71. The number of allylic oxidation sites excluding steroid dienone is 1. The van der Waals surface area contributed by atoms with Crippen molar-refractivity contribution in [1.29, 1.82) is 0 Å². The van der Waals surface area contributed by atoms with Crippen molar-refractivity contribution in [2.45, 2.75) is 37.6 Å². The molecule has 0 spiro atoms. The van der Waals surface area contributed by atoms with Gasteiger partial charge in [-0.15, -0.1) is 0 Å². The number of nitrogens with two attached hydrogens (primary N) is 1. The Labute approximate surface area is 185 Å². The minimum absolute atomic E-state index is 0.125. The van der Waals surface area contributed by atoms with Crippen molar-refractivity contribution in [3.8, 4) is 5.75 Å². The highest BCUT2D eigenvalue weighted by molar-refractivity contribution is 6.67. The number of aliphatic hydroxyl groups excluding tert-OH is 1. The zero-order chi connectivity index (χ0) is 22.2. The van der Waals surface area contributed by atoms with E-state index >= 15 is 0 Å². The van der Waals surface area contributed by atoms with E-state index in [1.165, 1.54) is 6.08 Å². The Balaban J connectivity index is 3.13. The average molecular weight is 467 g/mol. The summed E-state index contributed by atoms with van der Waals surface area (Å²) in [7, 11) is 0. The van der Waals surface area contributed by atoms with Crippen LogP contribution in [-0.2, 0) is 4.74 Å². The number of alkyl halides is 3. The van der Waals surface area contributed by atoms with E-state index in [0.29, 0.717) is 17.1 Å². The lowest BCUT2D eigenvalue weighted by molar-refractivity contribution is 0.130. The highest BCUT2D eigenvalue weighted by atomic mass is 35.6. The molecular weight excluding hydrogens is 441 g/mol. The smallest absolute Gasteiger partial charge is 0.412 e. The predicted molar refractivity (Wildman–Crippen MR) is 117 cm³/mol. The van der Waals surface area contributed by atoms with Gasteiger partial charge in [0, 0.05) is 23.3 Å². The van der Waals surface area contributed by atoms with Gasteiger partial charge in [0.15, 0.2) is 0 Å². The second kappa shape index (κ2) is 10.9. The van der Waals surface area contributed by atoms with Crippen LogP contribution in [0, 0.1) is 5.41 Å². The standard InChI is InChI=1S/C19H26Cl3N3O4/c1-12(10-26)29-14-7-5-6-13(8-14)24-16(9-15(23)18(2,3)4)25-17(27)28-11-19(20,21)22/h5-9,12,26H,10-11,23H2,1-4H3,(H,24,25,27)/b15-9-/t12-/m0/s1. The molecule has 0 unspecified atom stereocenters. The molecule has 0 saturated carbocycles. The number of halogens is 3. The van der Waals surface area contributed by atoms with Crippen LogP contribution in [-0.4, -0.2) is 40.1 Å². The molecule has 0 heterocycles. The van der Waals surface area contributed by atoms with Crippen LogP contribution in [0.3, 0.4) is 0 Å². The van der Waals surface area contributed by atoms with Crippen LogP contribution >= 0.6 is 34.8 Å². The lowest BCUT2D eigenvalue weighted by Crippen LogP contribution is -2.33. The number of rotatable bonds is 6. The molecule has 1 rings (SSSR count). The molecule has 0 aromatic heterocycles. The second-order valence-electron chi connectivity index (χ2n) is 7.27. The van der Waals surface area contributed by atoms with Crippen LogP contribution in [0.15, 0.2) is 41.0 Å². The van der Waals surface area contributed by atoms with E-state index in [9.17, 15) is 4.79 Å². The van der Waals surface area contributed by atoms with E-state index in [2.05, 4.69) is 10.3 Å². The minimum Gasteiger partial charge on any atom is -0.488 e. The van der Waals surface area contributed by atoms with Crippen molar-refractivity contribution in [2.24, 2.45) is 16.1 Å². The first-order chi connectivity index (χ1) is 13.3. The van der Waals surface area contributed by atoms with Gasteiger partial charge in [-0.3, -0.25) is 5.32 Å². The second-order valence-corrected chi connectivity index (χ2v) is 9.79. The number of benzene rings is 1. The van der Waals surface area contributed by atoms with Crippen LogP contribution < -0.4 is 15.8 Å². The number of hydrogen-bond acceptors (Lipinski definition) is 6. The first-order valence-electron chi connectivity index (χ1n) is 8.74. The lowest BCUT2D eigenvalue weighted by atomic mass is 9.92. The van der Waals surface area contributed by atoms with Gasteiger partial charge < -0.3 is 20.3 Å². The van der Waals surface area contributed by atoms with Gasteiger partial charge in [0.2, 0.25) is 3.79 Å². The molecule has 7 nitrogen and oxygen atoms in total. The third-order valence-electron chi connectivity index (χ3n) is 3.42. The van der Waals surface area contributed by atoms with Crippen molar-refractivity contribution >= 4 is 52.4 Å². The third-order valence-corrected chi connectivity index (χ3v) is 3.74. The normalized spacial score (nSPS) is 14.3. The maximum Gasteiger partial charge on any atom is 0.412 e. The van der Waals surface area contributed by atoms with Crippen molar-refractivity contribution in [2.75, 3.05) is 13.2 Å². The van der Waals surface area contributed by atoms with E-state index < -0.39 is 16.5 Å².